The van der Waals surface area contributed by atoms with Gasteiger partial charge in [-0.25, -0.2) is 5.06 Å². The Morgan fingerprint density at radius 1 is 1.06 bits per heavy atom. The quantitative estimate of drug-likeness (QED) is 0.267. The van der Waals surface area contributed by atoms with Crippen LogP contribution >= 0.6 is 0 Å². The largest absolute Gasteiger partial charge is 0.454 e. The molecule has 4 rings (SSSR count). The number of ether oxygens (including phenoxy) is 3. The Kier molecular flexibility index (Phi) is 6.83. The Bertz CT molecular complexity index is 1060. The zero-order chi connectivity index (χ0) is 24.1. The van der Waals surface area contributed by atoms with Gasteiger partial charge in [0.25, 0.3) is 5.79 Å². The highest BCUT2D eigenvalue weighted by molar-refractivity contribution is 6.22. The summed E-state index contributed by atoms with van der Waals surface area (Å²) in [6.07, 6.45) is 2.24. The van der Waals surface area contributed by atoms with Crippen molar-refractivity contribution in [3.63, 3.8) is 0 Å². The number of anilines is 1. The second kappa shape index (κ2) is 9.96. The number of hydroxylamine groups is 2. The molecule has 9 nitrogen and oxygen atoms in total. The molecule has 34 heavy (non-hydrogen) atoms. The van der Waals surface area contributed by atoms with Crippen LogP contribution in [-0.2, 0) is 35.1 Å². The van der Waals surface area contributed by atoms with Crippen LogP contribution in [0.15, 0.2) is 77.7 Å². The maximum atomic E-state index is 13.0. The molecular weight excluding hydrogens is 438 g/mol. The second-order valence-corrected chi connectivity index (χ2v) is 8.16. The normalized spacial score (nSPS) is 18.1. The van der Waals surface area contributed by atoms with Gasteiger partial charge in [0, 0.05) is 20.4 Å². The first-order valence-corrected chi connectivity index (χ1v) is 10.9. The van der Waals surface area contributed by atoms with E-state index in [4.69, 9.17) is 24.0 Å². The molecule has 2 heterocycles. The third kappa shape index (κ3) is 5.20. The van der Waals surface area contributed by atoms with Crippen molar-refractivity contribution in [2.24, 2.45) is 10.9 Å². The van der Waals surface area contributed by atoms with Gasteiger partial charge in [0.2, 0.25) is 11.8 Å². The zero-order valence-electron chi connectivity index (χ0n) is 19.3. The minimum absolute atomic E-state index is 0.138. The molecule has 0 amide bonds. The van der Waals surface area contributed by atoms with E-state index in [0.29, 0.717) is 24.5 Å². The van der Waals surface area contributed by atoms with Crippen LogP contribution in [0.4, 0.5) is 5.69 Å². The van der Waals surface area contributed by atoms with Crippen LogP contribution in [0, 0.1) is 5.92 Å². The minimum Gasteiger partial charge on any atom is -0.454 e. The second-order valence-electron chi connectivity index (χ2n) is 8.16. The molecule has 2 aromatic carbocycles. The van der Waals surface area contributed by atoms with E-state index in [1.54, 1.807) is 11.1 Å². The highest BCUT2D eigenvalue weighted by Crippen LogP contribution is 2.31. The molecular formula is C25H27N3O6. The van der Waals surface area contributed by atoms with Crippen LogP contribution in [0.5, 0.6) is 0 Å². The fourth-order valence-corrected chi connectivity index (χ4v) is 3.67. The lowest BCUT2D eigenvalue weighted by atomic mass is 10.0. The smallest absolute Gasteiger partial charge is 0.331 e. The van der Waals surface area contributed by atoms with E-state index in [1.807, 2.05) is 60.7 Å². The van der Waals surface area contributed by atoms with Crippen molar-refractivity contribution in [2.75, 3.05) is 25.3 Å². The summed E-state index contributed by atoms with van der Waals surface area (Å²) in [5, 5.41) is 1.48. The number of benzene rings is 2. The van der Waals surface area contributed by atoms with Gasteiger partial charge >= 0.3 is 11.9 Å². The van der Waals surface area contributed by atoms with Gasteiger partial charge in [-0.2, -0.15) is 0 Å². The molecule has 0 aliphatic carbocycles. The van der Waals surface area contributed by atoms with Gasteiger partial charge < -0.3 is 14.2 Å². The van der Waals surface area contributed by atoms with Gasteiger partial charge in [-0.05, 0) is 24.1 Å². The number of carbonyl (C=O) groups excluding carboxylic acids is 2. The molecule has 2 aliphatic rings. The number of hydrogen-bond acceptors (Lipinski definition) is 8. The first-order valence-electron chi connectivity index (χ1n) is 10.9. The number of esters is 2. The molecule has 0 aromatic heterocycles. The maximum Gasteiger partial charge on any atom is 0.331 e. The lowest BCUT2D eigenvalue weighted by Gasteiger charge is -2.36. The zero-order valence-corrected chi connectivity index (χ0v) is 19.3. The topological polar surface area (TPSA) is 89.9 Å². The standard InChI is InChI=1S/C25H27N3O6/c1-25(2)33-23(29)21(24(30)34-25)22(26-15-14-18-10-6-4-7-11-18)28(19-12-8-5-9-13-19)20-16-27(31-3)17-32-20/h4-13,16,21H,14-15,17H2,1-3H3. The Labute approximate surface area is 198 Å². The van der Waals surface area contributed by atoms with Crippen LogP contribution in [0.25, 0.3) is 0 Å². The van der Waals surface area contributed by atoms with E-state index in [9.17, 15) is 9.59 Å². The Morgan fingerprint density at radius 3 is 2.26 bits per heavy atom. The first kappa shape index (κ1) is 23.3. The summed E-state index contributed by atoms with van der Waals surface area (Å²) in [6, 6.07) is 19.0. The average molecular weight is 466 g/mol. The van der Waals surface area contributed by atoms with E-state index in [2.05, 4.69) is 0 Å². The molecule has 0 unspecified atom stereocenters. The summed E-state index contributed by atoms with van der Waals surface area (Å²) in [7, 11) is 1.52. The molecule has 1 saturated heterocycles. The molecule has 2 aromatic rings. The number of rotatable bonds is 7. The molecule has 0 atom stereocenters. The SMILES string of the molecule is CON1C=C(N(C(=NCCc2ccccc2)C2C(=O)OC(C)(C)OC2=O)c2ccccc2)OC1. The molecule has 178 valence electrons. The predicted octanol–water partition coefficient (Wildman–Crippen LogP) is 3.24. The van der Waals surface area contributed by atoms with Gasteiger partial charge in [0.05, 0.1) is 19.0 Å². The third-order valence-electron chi connectivity index (χ3n) is 5.23. The van der Waals surface area contributed by atoms with Crippen LogP contribution in [0.3, 0.4) is 0 Å². The highest BCUT2D eigenvalue weighted by Gasteiger charge is 2.48. The summed E-state index contributed by atoms with van der Waals surface area (Å²) in [6.45, 7) is 3.49. The van der Waals surface area contributed by atoms with Crippen LogP contribution in [0.2, 0.25) is 0 Å². The number of amidine groups is 1. The maximum absolute atomic E-state index is 13.0. The summed E-state index contributed by atoms with van der Waals surface area (Å²) in [5.41, 5.74) is 1.73. The first-order chi connectivity index (χ1) is 16.4. The Hall–Kier alpha value is -3.85. The minimum atomic E-state index is -1.38. The summed E-state index contributed by atoms with van der Waals surface area (Å²) >= 11 is 0. The Balaban J connectivity index is 1.76. The summed E-state index contributed by atoms with van der Waals surface area (Å²) in [5.74, 6) is -3.71. The highest BCUT2D eigenvalue weighted by atomic mass is 16.7. The van der Waals surface area contributed by atoms with Gasteiger partial charge in [-0.3, -0.25) is 24.3 Å². The predicted molar refractivity (Wildman–Crippen MR) is 124 cm³/mol. The monoisotopic (exact) mass is 465 g/mol. The average Bonchev–Trinajstić information content (AvgIpc) is 3.28. The molecule has 0 spiro atoms. The van der Waals surface area contributed by atoms with Crippen molar-refractivity contribution in [1.82, 2.24) is 5.06 Å². The molecule has 1 fully saturated rings. The van der Waals surface area contributed by atoms with Crippen LogP contribution in [0.1, 0.15) is 19.4 Å². The van der Waals surface area contributed by atoms with Crippen molar-refractivity contribution in [2.45, 2.75) is 26.1 Å². The number of carbonyl (C=O) groups is 2. The van der Waals surface area contributed by atoms with Crippen LogP contribution in [-0.4, -0.2) is 49.0 Å². The summed E-state index contributed by atoms with van der Waals surface area (Å²) < 4.78 is 16.6. The van der Waals surface area contributed by atoms with Gasteiger partial charge in [-0.1, -0.05) is 48.5 Å². The van der Waals surface area contributed by atoms with Crippen molar-refractivity contribution >= 4 is 23.5 Å². The molecule has 0 N–H and O–H groups in total. The van der Waals surface area contributed by atoms with Crippen molar-refractivity contribution < 1.29 is 28.6 Å². The number of nitrogens with zero attached hydrogens (tertiary/aromatic N) is 3. The number of hydrogen-bond donors (Lipinski definition) is 0. The summed E-state index contributed by atoms with van der Waals surface area (Å²) in [4.78, 5) is 37.7. The van der Waals surface area contributed by atoms with Gasteiger partial charge in [-0.15, -0.1) is 0 Å². The van der Waals surface area contributed by atoms with Crippen molar-refractivity contribution in [3.05, 3.63) is 78.3 Å². The van der Waals surface area contributed by atoms with Gasteiger partial charge in [0.15, 0.2) is 6.73 Å². The van der Waals surface area contributed by atoms with Crippen LogP contribution < -0.4 is 4.90 Å². The number of aliphatic imine (C=N–C) groups is 1. The number of cyclic esters (lactones) is 2. The molecule has 0 bridgehead atoms. The molecule has 0 saturated carbocycles. The Morgan fingerprint density at radius 2 is 1.68 bits per heavy atom. The van der Waals surface area contributed by atoms with E-state index in [0.717, 1.165) is 5.56 Å². The fraction of sp³-hybridized carbons (Fsp3) is 0.320. The van der Waals surface area contributed by atoms with Crippen molar-refractivity contribution in [3.8, 4) is 0 Å². The third-order valence-corrected chi connectivity index (χ3v) is 5.23. The van der Waals surface area contributed by atoms with E-state index in [1.165, 1.54) is 26.0 Å². The van der Waals surface area contributed by atoms with Crippen molar-refractivity contribution in [1.29, 1.82) is 0 Å². The van der Waals surface area contributed by atoms with Gasteiger partial charge in [0.1, 0.15) is 5.84 Å². The lowest BCUT2D eigenvalue weighted by molar-refractivity contribution is -0.235. The number of para-hydroxylation sites is 1. The molecule has 9 heteroatoms. The molecule has 2 aliphatic heterocycles. The fourth-order valence-electron chi connectivity index (χ4n) is 3.67. The molecule has 0 radical (unpaired) electrons. The van der Waals surface area contributed by atoms with E-state index < -0.39 is 23.6 Å². The van der Waals surface area contributed by atoms with E-state index in [-0.39, 0.29) is 12.6 Å². The van der Waals surface area contributed by atoms with E-state index >= 15 is 0 Å². The lowest BCUT2D eigenvalue weighted by Crippen LogP contribution is -2.53.